The maximum atomic E-state index is 12.7. The molecule has 1 unspecified atom stereocenters. The van der Waals surface area contributed by atoms with Gasteiger partial charge in [0.2, 0.25) is 5.95 Å². The van der Waals surface area contributed by atoms with Crippen molar-refractivity contribution >= 4 is 5.95 Å². The number of nitrogens with zero attached hydrogens (tertiary/aromatic N) is 3. The first-order chi connectivity index (χ1) is 9.05. The third kappa shape index (κ3) is 2.16. The second-order valence-electron chi connectivity index (χ2n) is 4.38. The monoisotopic (exact) mass is 268 g/mol. The molecule has 1 aliphatic rings. The summed E-state index contributed by atoms with van der Waals surface area (Å²) in [5.41, 5.74) is -0.0340. The molecule has 7 heteroatoms. The first-order valence-electron chi connectivity index (χ1n) is 5.86. The average Bonchev–Trinajstić information content (AvgIpc) is 2.86. The van der Waals surface area contributed by atoms with Crippen molar-refractivity contribution in [3.63, 3.8) is 0 Å². The van der Waals surface area contributed by atoms with Crippen molar-refractivity contribution in [3.05, 3.63) is 41.7 Å². The molecule has 0 spiro atoms. The highest BCUT2D eigenvalue weighted by Crippen LogP contribution is 2.33. The fourth-order valence-corrected chi connectivity index (χ4v) is 2.28. The number of rotatable bonds is 1. The van der Waals surface area contributed by atoms with Crippen LogP contribution in [0.3, 0.4) is 0 Å². The molecule has 1 N–H and O–H groups in total. The van der Waals surface area contributed by atoms with Gasteiger partial charge in [0, 0.05) is 6.54 Å². The van der Waals surface area contributed by atoms with E-state index in [1.165, 1.54) is 18.5 Å². The van der Waals surface area contributed by atoms with E-state index in [0.29, 0.717) is 24.5 Å². The lowest BCUT2D eigenvalue weighted by atomic mass is 10.0. The van der Waals surface area contributed by atoms with Crippen LogP contribution in [-0.4, -0.2) is 21.3 Å². The Balaban J connectivity index is 2.01. The lowest BCUT2D eigenvalue weighted by Gasteiger charge is -2.25. The molecule has 0 radical (unpaired) electrons. The summed E-state index contributed by atoms with van der Waals surface area (Å²) in [6, 6.07) is 5.17. The van der Waals surface area contributed by atoms with Gasteiger partial charge in [0.1, 0.15) is 6.33 Å². The SMILES string of the molecule is FC(F)(F)c1cccc(C2CCNc3ncnn32)c1. The summed E-state index contributed by atoms with van der Waals surface area (Å²) in [7, 11) is 0. The van der Waals surface area contributed by atoms with Gasteiger partial charge >= 0.3 is 6.18 Å². The normalized spacial score (nSPS) is 18.8. The summed E-state index contributed by atoms with van der Waals surface area (Å²) >= 11 is 0. The van der Waals surface area contributed by atoms with Crippen molar-refractivity contribution in [3.8, 4) is 0 Å². The largest absolute Gasteiger partial charge is 0.416 e. The van der Waals surface area contributed by atoms with E-state index >= 15 is 0 Å². The molecule has 1 atom stereocenters. The van der Waals surface area contributed by atoms with Crippen molar-refractivity contribution in [1.82, 2.24) is 14.8 Å². The molecule has 1 aromatic heterocycles. The number of hydrogen-bond acceptors (Lipinski definition) is 3. The number of aromatic nitrogens is 3. The zero-order valence-electron chi connectivity index (χ0n) is 9.85. The van der Waals surface area contributed by atoms with Gasteiger partial charge in [0.15, 0.2) is 0 Å². The molecule has 0 saturated carbocycles. The van der Waals surface area contributed by atoms with E-state index in [2.05, 4.69) is 15.4 Å². The Labute approximate surface area is 107 Å². The summed E-state index contributed by atoms with van der Waals surface area (Å²) in [5, 5.41) is 7.12. The van der Waals surface area contributed by atoms with Gasteiger partial charge in [-0.3, -0.25) is 0 Å². The molecule has 19 heavy (non-hydrogen) atoms. The Morgan fingerprint density at radius 1 is 1.32 bits per heavy atom. The van der Waals surface area contributed by atoms with Crippen LogP contribution < -0.4 is 5.32 Å². The van der Waals surface area contributed by atoms with E-state index < -0.39 is 11.7 Å². The average molecular weight is 268 g/mol. The standard InChI is InChI=1S/C12H11F3N4/c13-12(14,15)9-3-1-2-8(6-9)10-4-5-16-11-17-7-18-19(10)11/h1-3,6-7,10H,4-5H2,(H,16,17,18). The third-order valence-electron chi connectivity index (χ3n) is 3.17. The minimum Gasteiger partial charge on any atom is -0.354 e. The Bertz CT molecular complexity index is 591. The van der Waals surface area contributed by atoms with Crippen LogP contribution in [0.1, 0.15) is 23.6 Å². The molecule has 0 bridgehead atoms. The zero-order chi connectivity index (χ0) is 13.5. The minimum atomic E-state index is -4.33. The summed E-state index contributed by atoms with van der Waals surface area (Å²) < 4.78 is 39.8. The van der Waals surface area contributed by atoms with Crippen LogP contribution in [0.5, 0.6) is 0 Å². The Hall–Kier alpha value is -2.05. The Kier molecular flexibility index (Phi) is 2.69. The second-order valence-corrected chi connectivity index (χ2v) is 4.38. The van der Waals surface area contributed by atoms with Crippen LogP contribution in [0, 0.1) is 0 Å². The molecule has 0 saturated heterocycles. The zero-order valence-corrected chi connectivity index (χ0v) is 9.85. The first kappa shape index (κ1) is 12.0. The van der Waals surface area contributed by atoms with Gasteiger partial charge in [0.25, 0.3) is 0 Å². The van der Waals surface area contributed by atoms with Crippen LogP contribution in [-0.2, 0) is 6.18 Å². The molecule has 2 heterocycles. The first-order valence-corrected chi connectivity index (χ1v) is 5.86. The topological polar surface area (TPSA) is 42.7 Å². The number of fused-ring (bicyclic) bond motifs is 1. The van der Waals surface area contributed by atoms with E-state index in [-0.39, 0.29) is 6.04 Å². The minimum absolute atomic E-state index is 0.207. The smallest absolute Gasteiger partial charge is 0.354 e. The van der Waals surface area contributed by atoms with Crippen molar-refractivity contribution < 1.29 is 13.2 Å². The van der Waals surface area contributed by atoms with E-state index in [0.717, 1.165) is 6.07 Å². The molecule has 0 fully saturated rings. The predicted molar refractivity (Wildman–Crippen MR) is 62.7 cm³/mol. The van der Waals surface area contributed by atoms with Crippen molar-refractivity contribution in [2.75, 3.05) is 11.9 Å². The van der Waals surface area contributed by atoms with E-state index in [1.807, 2.05) is 0 Å². The van der Waals surface area contributed by atoms with Crippen LogP contribution in [0.25, 0.3) is 0 Å². The quantitative estimate of drug-likeness (QED) is 0.864. The highest BCUT2D eigenvalue weighted by atomic mass is 19.4. The molecular weight excluding hydrogens is 257 g/mol. The highest BCUT2D eigenvalue weighted by Gasteiger charge is 2.31. The van der Waals surface area contributed by atoms with E-state index in [1.54, 1.807) is 10.7 Å². The number of alkyl halides is 3. The molecule has 1 aliphatic heterocycles. The maximum Gasteiger partial charge on any atom is 0.416 e. The number of hydrogen-bond donors (Lipinski definition) is 1. The molecule has 0 amide bonds. The summed E-state index contributed by atoms with van der Waals surface area (Å²) in [5.74, 6) is 0.591. The summed E-state index contributed by atoms with van der Waals surface area (Å²) in [4.78, 5) is 4.02. The molecule has 100 valence electrons. The Morgan fingerprint density at radius 3 is 2.95 bits per heavy atom. The Morgan fingerprint density at radius 2 is 2.16 bits per heavy atom. The predicted octanol–water partition coefficient (Wildman–Crippen LogP) is 2.70. The highest BCUT2D eigenvalue weighted by molar-refractivity contribution is 5.34. The lowest BCUT2D eigenvalue weighted by Crippen LogP contribution is -2.25. The molecule has 2 aromatic rings. The van der Waals surface area contributed by atoms with Crippen molar-refractivity contribution in [1.29, 1.82) is 0 Å². The molecule has 1 aromatic carbocycles. The second kappa shape index (κ2) is 4.25. The number of nitrogens with one attached hydrogen (secondary N) is 1. The number of halogens is 3. The van der Waals surface area contributed by atoms with Gasteiger partial charge in [-0.2, -0.15) is 23.3 Å². The van der Waals surface area contributed by atoms with E-state index in [4.69, 9.17) is 0 Å². The lowest BCUT2D eigenvalue weighted by molar-refractivity contribution is -0.137. The molecular formula is C12H11F3N4. The third-order valence-corrected chi connectivity index (χ3v) is 3.17. The van der Waals surface area contributed by atoms with Gasteiger partial charge < -0.3 is 5.32 Å². The number of benzene rings is 1. The maximum absolute atomic E-state index is 12.7. The summed E-state index contributed by atoms with van der Waals surface area (Å²) in [6.07, 6.45) is -2.25. The van der Waals surface area contributed by atoms with Crippen LogP contribution in [0.15, 0.2) is 30.6 Å². The van der Waals surface area contributed by atoms with Crippen LogP contribution in [0.2, 0.25) is 0 Å². The van der Waals surface area contributed by atoms with Crippen molar-refractivity contribution in [2.45, 2.75) is 18.6 Å². The molecule has 4 nitrogen and oxygen atoms in total. The van der Waals surface area contributed by atoms with Gasteiger partial charge in [-0.15, -0.1) is 0 Å². The molecule has 3 rings (SSSR count). The van der Waals surface area contributed by atoms with Crippen LogP contribution in [0.4, 0.5) is 19.1 Å². The van der Waals surface area contributed by atoms with Gasteiger partial charge in [-0.25, -0.2) is 4.68 Å². The molecule has 0 aliphatic carbocycles. The van der Waals surface area contributed by atoms with Gasteiger partial charge in [-0.1, -0.05) is 12.1 Å². The van der Waals surface area contributed by atoms with Crippen LogP contribution >= 0.6 is 0 Å². The van der Waals surface area contributed by atoms with Crippen molar-refractivity contribution in [2.24, 2.45) is 0 Å². The fourth-order valence-electron chi connectivity index (χ4n) is 2.28. The summed E-state index contributed by atoms with van der Waals surface area (Å²) in [6.45, 7) is 0.666. The van der Waals surface area contributed by atoms with Gasteiger partial charge in [-0.05, 0) is 24.1 Å². The fraction of sp³-hybridized carbons (Fsp3) is 0.333. The van der Waals surface area contributed by atoms with Gasteiger partial charge in [0.05, 0.1) is 11.6 Å². The number of anilines is 1. The van der Waals surface area contributed by atoms with E-state index in [9.17, 15) is 13.2 Å².